The Labute approximate surface area is 236 Å². The summed E-state index contributed by atoms with van der Waals surface area (Å²) in [5.41, 5.74) is -1.14. The van der Waals surface area contributed by atoms with Gasteiger partial charge in [-0.3, -0.25) is 14.4 Å². The molecular formula is C27H47NO12. The number of carbonyl (C=O) groups excluding carboxylic acids is 3. The molecule has 0 saturated heterocycles. The molecule has 0 heterocycles. The quantitative estimate of drug-likeness (QED) is 0.197. The summed E-state index contributed by atoms with van der Waals surface area (Å²) in [7, 11) is 2.95. The Bertz CT molecular complexity index is 834. The van der Waals surface area contributed by atoms with Crippen LogP contribution in [0.2, 0.25) is 0 Å². The first-order chi connectivity index (χ1) is 18.5. The van der Waals surface area contributed by atoms with Crippen molar-refractivity contribution in [3.05, 3.63) is 0 Å². The number of carboxylic acids is 1. The van der Waals surface area contributed by atoms with E-state index in [2.05, 4.69) is 5.32 Å². The Morgan fingerprint density at radius 2 is 1.43 bits per heavy atom. The molecule has 2 saturated carbocycles. The van der Waals surface area contributed by atoms with Gasteiger partial charge in [-0.2, -0.15) is 0 Å². The second-order valence-electron chi connectivity index (χ2n) is 12.0. The molecule has 40 heavy (non-hydrogen) atoms. The van der Waals surface area contributed by atoms with E-state index in [4.69, 9.17) is 33.5 Å². The highest BCUT2D eigenvalue weighted by atomic mass is 16.7. The number of hydrogen-bond acceptors (Lipinski definition) is 11. The van der Waals surface area contributed by atoms with Crippen LogP contribution in [-0.2, 0) is 42.8 Å². The molecule has 1 amide bonds. The Balaban J connectivity index is 0.000000418. The zero-order valence-corrected chi connectivity index (χ0v) is 24.9. The summed E-state index contributed by atoms with van der Waals surface area (Å²) in [4.78, 5) is 46.2. The lowest BCUT2D eigenvalue weighted by Crippen LogP contribution is -2.43. The Kier molecular flexibility index (Phi) is 14.3. The predicted molar refractivity (Wildman–Crippen MR) is 141 cm³/mol. The van der Waals surface area contributed by atoms with Crippen molar-refractivity contribution in [3.8, 4) is 0 Å². The molecule has 3 N–H and O–H groups in total. The first kappa shape index (κ1) is 35.5. The van der Waals surface area contributed by atoms with Crippen molar-refractivity contribution in [1.29, 1.82) is 0 Å². The normalized spacial score (nSPS) is 26.3. The fraction of sp³-hybridized carbons (Fsp3) is 0.852. The van der Waals surface area contributed by atoms with Crippen molar-refractivity contribution in [2.45, 2.75) is 103 Å². The van der Waals surface area contributed by atoms with E-state index in [1.54, 1.807) is 41.5 Å². The highest BCUT2D eigenvalue weighted by Crippen LogP contribution is 2.34. The first-order valence-corrected chi connectivity index (χ1v) is 13.3. The molecule has 13 heteroatoms. The molecule has 0 aromatic carbocycles. The van der Waals surface area contributed by atoms with E-state index in [0.29, 0.717) is 19.3 Å². The number of carboxylic acid groups (broad SMARTS) is 1. The van der Waals surface area contributed by atoms with Gasteiger partial charge in [0.15, 0.2) is 6.79 Å². The lowest BCUT2D eigenvalue weighted by Gasteiger charge is -2.24. The maximum Gasteiger partial charge on any atom is 0.407 e. The summed E-state index contributed by atoms with van der Waals surface area (Å²) in [5.74, 6) is -2.87. The van der Waals surface area contributed by atoms with Gasteiger partial charge in [-0.1, -0.05) is 0 Å². The van der Waals surface area contributed by atoms with Crippen molar-refractivity contribution in [2.75, 3.05) is 27.8 Å². The molecule has 0 aromatic heterocycles. The summed E-state index contributed by atoms with van der Waals surface area (Å²) in [6, 6.07) is -0.347. The lowest BCUT2D eigenvalue weighted by molar-refractivity contribution is -0.159. The van der Waals surface area contributed by atoms with Crippen LogP contribution in [0, 0.1) is 17.8 Å². The number of ether oxygens (including phenoxy) is 6. The van der Waals surface area contributed by atoms with Gasteiger partial charge in [0.2, 0.25) is 0 Å². The Morgan fingerprint density at radius 1 is 0.825 bits per heavy atom. The minimum atomic E-state index is -0.907. The fourth-order valence-corrected chi connectivity index (χ4v) is 4.50. The van der Waals surface area contributed by atoms with Crippen LogP contribution in [0.4, 0.5) is 4.79 Å². The predicted octanol–water partition coefficient (Wildman–Crippen LogP) is 2.62. The number of alkyl carbamates (subject to hydrolysis) is 1. The molecule has 13 nitrogen and oxygen atoms in total. The van der Waals surface area contributed by atoms with E-state index in [0.717, 1.165) is 0 Å². The molecule has 2 aliphatic carbocycles. The molecule has 0 aliphatic heterocycles. The van der Waals surface area contributed by atoms with Gasteiger partial charge in [0.1, 0.15) is 18.0 Å². The number of hydrogen-bond donors (Lipinski definition) is 3. The number of esters is 2. The van der Waals surface area contributed by atoms with Crippen LogP contribution in [0.3, 0.4) is 0 Å². The third-order valence-electron chi connectivity index (χ3n) is 6.11. The lowest BCUT2D eigenvalue weighted by atomic mass is 10.0. The second kappa shape index (κ2) is 16.1. The van der Waals surface area contributed by atoms with Gasteiger partial charge >= 0.3 is 24.0 Å². The van der Waals surface area contributed by atoms with Crippen LogP contribution in [0.25, 0.3) is 0 Å². The van der Waals surface area contributed by atoms with Crippen molar-refractivity contribution in [1.82, 2.24) is 5.32 Å². The van der Waals surface area contributed by atoms with Gasteiger partial charge in [-0.15, -0.1) is 0 Å². The highest BCUT2D eigenvalue weighted by Gasteiger charge is 2.41. The van der Waals surface area contributed by atoms with Crippen LogP contribution in [0.1, 0.15) is 73.6 Å². The zero-order chi connectivity index (χ0) is 30.7. The minimum absolute atomic E-state index is 0.0804. The Hall–Kier alpha value is -2.48. The first-order valence-electron chi connectivity index (χ1n) is 13.3. The molecule has 0 bridgehead atoms. The number of nitrogens with one attached hydrogen (secondary N) is 1. The largest absolute Gasteiger partial charge is 0.481 e. The van der Waals surface area contributed by atoms with Crippen LogP contribution < -0.4 is 5.32 Å². The topological polar surface area (TPSA) is 176 Å². The fourth-order valence-electron chi connectivity index (χ4n) is 4.50. The van der Waals surface area contributed by atoms with Crippen LogP contribution in [0.5, 0.6) is 0 Å². The maximum atomic E-state index is 12.0. The minimum Gasteiger partial charge on any atom is -0.481 e. The van der Waals surface area contributed by atoms with E-state index in [-0.39, 0.29) is 62.3 Å². The average Bonchev–Trinajstić information content (AvgIpc) is 3.37. The van der Waals surface area contributed by atoms with Crippen molar-refractivity contribution >= 4 is 24.0 Å². The number of methoxy groups -OCH3 is 2. The van der Waals surface area contributed by atoms with Crippen LogP contribution in [-0.4, -0.2) is 91.5 Å². The summed E-state index contributed by atoms with van der Waals surface area (Å²) >= 11 is 0. The third kappa shape index (κ3) is 13.7. The summed E-state index contributed by atoms with van der Waals surface area (Å²) in [6.45, 7) is 10.7. The molecule has 2 aliphatic rings. The van der Waals surface area contributed by atoms with E-state index in [1.165, 1.54) is 14.2 Å². The highest BCUT2D eigenvalue weighted by molar-refractivity contribution is 5.74. The van der Waals surface area contributed by atoms with Crippen LogP contribution in [0.15, 0.2) is 0 Å². The van der Waals surface area contributed by atoms with E-state index in [1.807, 2.05) is 0 Å². The van der Waals surface area contributed by atoms with E-state index in [9.17, 15) is 24.3 Å². The summed E-state index contributed by atoms with van der Waals surface area (Å²) in [5, 5.41) is 21.3. The van der Waals surface area contributed by atoms with Gasteiger partial charge in [0, 0.05) is 14.2 Å². The van der Waals surface area contributed by atoms with Gasteiger partial charge in [-0.25, -0.2) is 4.79 Å². The zero-order valence-electron chi connectivity index (χ0n) is 24.9. The smallest absolute Gasteiger partial charge is 0.407 e. The molecule has 2 rings (SSSR count). The van der Waals surface area contributed by atoms with Crippen LogP contribution >= 0.6 is 0 Å². The number of amides is 1. The number of rotatable bonds is 10. The molecule has 232 valence electrons. The van der Waals surface area contributed by atoms with Crippen molar-refractivity contribution in [3.63, 3.8) is 0 Å². The standard InChI is InChI=1S/C15H27NO7.C12H20O5/c1-15(2,3)23-14(18)16-11-6-10(13(17)22-9-20-5)7-12(11)21-8-19-4;1-12(2,3)17-10(14)6-7-4-8(11(15)16)5-9(7)13/h10-12H,6-9H2,1-5H3,(H,16,18);7-9,13H,4-6H2,1-3H3,(H,15,16)/t10-,11+,12-;7-,8-,9-/m11/s1. The number of aliphatic hydroxyl groups is 1. The second-order valence-corrected chi connectivity index (χ2v) is 12.0. The Morgan fingerprint density at radius 3 is 1.93 bits per heavy atom. The SMILES string of the molecule is CC(C)(C)OC(=O)C[C@H]1C[C@@H](C(=O)O)C[C@H]1O.COCOC(=O)[C@@H]1C[C@H](NC(=O)OC(C)(C)C)[C@H](OCOC)C1. The molecule has 0 unspecified atom stereocenters. The molecule has 0 spiro atoms. The van der Waals surface area contributed by atoms with Gasteiger partial charge in [0.25, 0.3) is 0 Å². The molecule has 2 fully saturated rings. The van der Waals surface area contributed by atoms with Crippen molar-refractivity contribution < 1.29 is 57.8 Å². The number of carbonyl (C=O) groups is 4. The van der Waals surface area contributed by atoms with Crippen molar-refractivity contribution in [2.24, 2.45) is 17.8 Å². The van der Waals surface area contributed by atoms with Gasteiger partial charge in [0.05, 0.1) is 36.5 Å². The van der Waals surface area contributed by atoms with E-state index < -0.39 is 35.3 Å². The molecule has 0 radical (unpaired) electrons. The molecule has 6 atom stereocenters. The monoisotopic (exact) mass is 577 g/mol. The molecular weight excluding hydrogens is 530 g/mol. The van der Waals surface area contributed by atoms with E-state index >= 15 is 0 Å². The number of aliphatic carboxylic acids is 1. The van der Waals surface area contributed by atoms with Gasteiger partial charge < -0.3 is 44.0 Å². The summed E-state index contributed by atoms with van der Waals surface area (Å²) < 4.78 is 30.5. The molecule has 0 aromatic rings. The maximum absolute atomic E-state index is 12.0. The average molecular weight is 578 g/mol. The van der Waals surface area contributed by atoms with Gasteiger partial charge in [-0.05, 0) is 73.1 Å². The number of aliphatic hydroxyl groups excluding tert-OH is 1. The summed E-state index contributed by atoms with van der Waals surface area (Å²) in [6.07, 6.45) is -0.103. The third-order valence-corrected chi connectivity index (χ3v) is 6.11.